The second-order valence-corrected chi connectivity index (χ2v) is 4.25. The molecule has 0 aliphatic carbocycles. The Bertz CT molecular complexity index is 496. The summed E-state index contributed by atoms with van der Waals surface area (Å²) in [6.07, 6.45) is 0.912. The lowest BCUT2D eigenvalue weighted by Gasteiger charge is -2.08. The van der Waals surface area contributed by atoms with Crippen molar-refractivity contribution in [1.82, 2.24) is 4.98 Å². The first-order valence-corrected chi connectivity index (χ1v) is 5.59. The van der Waals surface area contributed by atoms with E-state index in [1.165, 1.54) is 0 Å². The maximum Gasteiger partial charge on any atom is 0.143 e. The highest BCUT2D eigenvalue weighted by Gasteiger charge is 2.04. The molecular formula is C11H12BrN3. The van der Waals surface area contributed by atoms with Gasteiger partial charge in [-0.25, -0.2) is 10.8 Å². The third-order valence-electron chi connectivity index (χ3n) is 2.37. The average Bonchev–Trinajstić information content (AvgIpc) is 2.27. The van der Waals surface area contributed by atoms with Crippen LogP contribution in [-0.4, -0.2) is 4.98 Å². The summed E-state index contributed by atoms with van der Waals surface area (Å²) < 4.78 is 1.06. The van der Waals surface area contributed by atoms with Crippen molar-refractivity contribution in [2.24, 2.45) is 5.84 Å². The lowest BCUT2D eigenvalue weighted by atomic mass is 10.1. The molecule has 0 atom stereocenters. The molecule has 0 fully saturated rings. The first kappa shape index (κ1) is 10.4. The molecule has 0 amide bonds. The Kier molecular flexibility index (Phi) is 2.88. The summed E-state index contributed by atoms with van der Waals surface area (Å²) in [4.78, 5) is 4.45. The van der Waals surface area contributed by atoms with Gasteiger partial charge >= 0.3 is 0 Å². The molecule has 3 N–H and O–H groups in total. The van der Waals surface area contributed by atoms with E-state index < -0.39 is 0 Å². The molecule has 0 bridgehead atoms. The largest absolute Gasteiger partial charge is 0.308 e. The van der Waals surface area contributed by atoms with E-state index in [1.54, 1.807) is 0 Å². The predicted octanol–water partition coefficient (Wildman–Crippen LogP) is 2.85. The minimum Gasteiger partial charge on any atom is -0.308 e. The summed E-state index contributed by atoms with van der Waals surface area (Å²) in [7, 11) is 0. The van der Waals surface area contributed by atoms with Gasteiger partial charge in [-0.05, 0) is 36.2 Å². The molecule has 0 saturated heterocycles. The highest BCUT2D eigenvalue weighted by molar-refractivity contribution is 9.10. The third kappa shape index (κ3) is 1.96. The number of aromatic nitrogens is 1. The minimum absolute atomic E-state index is 0.757. The minimum atomic E-state index is 0.757. The molecule has 78 valence electrons. The van der Waals surface area contributed by atoms with Crippen LogP contribution in [0.5, 0.6) is 0 Å². The van der Waals surface area contributed by atoms with Gasteiger partial charge in [0, 0.05) is 9.86 Å². The van der Waals surface area contributed by atoms with Crippen molar-refractivity contribution in [1.29, 1.82) is 0 Å². The van der Waals surface area contributed by atoms with Crippen molar-refractivity contribution >= 4 is 32.7 Å². The van der Waals surface area contributed by atoms with Crippen LogP contribution >= 0.6 is 15.9 Å². The Morgan fingerprint density at radius 3 is 2.87 bits per heavy atom. The number of rotatable bonds is 2. The number of aryl methyl sites for hydroxylation is 1. The van der Waals surface area contributed by atoms with Gasteiger partial charge in [-0.1, -0.05) is 22.9 Å². The van der Waals surface area contributed by atoms with E-state index in [9.17, 15) is 0 Å². The summed E-state index contributed by atoms with van der Waals surface area (Å²) in [6.45, 7) is 2.08. The summed E-state index contributed by atoms with van der Waals surface area (Å²) in [5.41, 5.74) is 4.71. The van der Waals surface area contributed by atoms with Crippen LogP contribution in [0.25, 0.3) is 10.9 Å². The highest BCUT2D eigenvalue weighted by Crippen LogP contribution is 2.23. The molecule has 2 aromatic rings. The molecule has 0 radical (unpaired) electrons. The third-order valence-corrected chi connectivity index (χ3v) is 2.87. The van der Waals surface area contributed by atoms with Gasteiger partial charge in [-0.3, -0.25) is 0 Å². The zero-order valence-corrected chi connectivity index (χ0v) is 10.0. The van der Waals surface area contributed by atoms with Gasteiger partial charge in [0.2, 0.25) is 0 Å². The maximum atomic E-state index is 5.43. The monoisotopic (exact) mass is 265 g/mol. The summed E-state index contributed by atoms with van der Waals surface area (Å²) in [5.74, 6) is 6.18. The second-order valence-electron chi connectivity index (χ2n) is 3.33. The molecule has 2 rings (SSSR count). The van der Waals surface area contributed by atoms with Crippen molar-refractivity contribution in [2.45, 2.75) is 13.3 Å². The Hall–Kier alpha value is -1.13. The van der Waals surface area contributed by atoms with Crippen molar-refractivity contribution in [2.75, 3.05) is 5.43 Å². The number of anilines is 1. The van der Waals surface area contributed by atoms with Crippen molar-refractivity contribution < 1.29 is 0 Å². The molecule has 0 aliphatic rings. The number of nitrogens with two attached hydrogens (primary N) is 1. The Balaban J connectivity index is 2.69. The van der Waals surface area contributed by atoms with Crippen molar-refractivity contribution in [3.63, 3.8) is 0 Å². The number of nitrogens with zero attached hydrogens (tertiary/aromatic N) is 1. The number of halogens is 1. The Labute approximate surface area is 96.8 Å². The number of benzene rings is 1. The van der Waals surface area contributed by atoms with Crippen LogP contribution in [0.1, 0.15) is 12.5 Å². The SMILES string of the molecule is CCc1cc2cc(Br)ccc2nc1NN. The number of pyridine rings is 1. The van der Waals surface area contributed by atoms with Crippen LogP contribution in [0.4, 0.5) is 5.82 Å². The summed E-state index contributed by atoms with van der Waals surface area (Å²) in [6, 6.07) is 8.12. The fraction of sp³-hybridized carbons (Fsp3) is 0.182. The van der Waals surface area contributed by atoms with Crippen LogP contribution in [-0.2, 0) is 6.42 Å². The lowest BCUT2D eigenvalue weighted by molar-refractivity contribution is 1.10. The molecular weight excluding hydrogens is 254 g/mol. The number of nitrogen functional groups attached to an aromatic ring is 1. The van der Waals surface area contributed by atoms with E-state index in [0.717, 1.165) is 33.2 Å². The molecule has 1 aromatic heterocycles. The fourth-order valence-corrected chi connectivity index (χ4v) is 1.96. The van der Waals surface area contributed by atoms with Crippen LogP contribution in [0, 0.1) is 0 Å². The molecule has 4 heteroatoms. The maximum absolute atomic E-state index is 5.43. The smallest absolute Gasteiger partial charge is 0.143 e. The lowest BCUT2D eigenvalue weighted by Crippen LogP contribution is -2.11. The second kappa shape index (κ2) is 4.16. The van der Waals surface area contributed by atoms with Gasteiger partial charge in [0.05, 0.1) is 5.52 Å². The van der Waals surface area contributed by atoms with Gasteiger partial charge in [-0.15, -0.1) is 0 Å². The predicted molar refractivity (Wildman–Crippen MR) is 66.6 cm³/mol. The zero-order valence-electron chi connectivity index (χ0n) is 8.42. The molecule has 3 nitrogen and oxygen atoms in total. The van der Waals surface area contributed by atoms with E-state index in [1.807, 2.05) is 12.1 Å². The molecule has 15 heavy (non-hydrogen) atoms. The van der Waals surface area contributed by atoms with Gasteiger partial charge in [-0.2, -0.15) is 0 Å². The number of hydrogen-bond acceptors (Lipinski definition) is 3. The number of nitrogens with one attached hydrogen (secondary N) is 1. The van der Waals surface area contributed by atoms with Crippen LogP contribution in [0.3, 0.4) is 0 Å². The van der Waals surface area contributed by atoms with E-state index in [0.29, 0.717) is 0 Å². The van der Waals surface area contributed by atoms with Crippen molar-refractivity contribution in [3.05, 3.63) is 34.3 Å². The number of hydrazine groups is 1. The van der Waals surface area contributed by atoms with E-state index in [4.69, 9.17) is 5.84 Å². The van der Waals surface area contributed by atoms with Crippen LogP contribution in [0.15, 0.2) is 28.7 Å². The number of hydrogen-bond donors (Lipinski definition) is 2. The zero-order chi connectivity index (χ0) is 10.8. The topological polar surface area (TPSA) is 50.9 Å². The van der Waals surface area contributed by atoms with Gasteiger partial charge in [0.1, 0.15) is 5.82 Å². The summed E-state index contributed by atoms with van der Waals surface area (Å²) in [5, 5.41) is 1.13. The molecule has 0 saturated carbocycles. The Morgan fingerprint density at radius 2 is 2.20 bits per heavy atom. The fourth-order valence-electron chi connectivity index (χ4n) is 1.59. The highest BCUT2D eigenvalue weighted by atomic mass is 79.9. The number of fused-ring (bicyclic) bond motifs is 1. The summed E-state index contributed by atoms with van der Waals surface area (Å²) >= 11 is 3.45. The quantitative estimate of drug-likeness (QED) is 0.649. The van der Waals surface area contributed by atoms with Crippen LogP contribution in [0.2, 0.25) is 0 Å². The molecule has 0 unspecified atom stereocenters. The molecule has 1 heterocycles. The Morgan fingerprint density at radius 1 is 1.40 bits per heavy atom. The van der Waals surface area contributed by atoms with E-state index in [2.05, 4.69) is 45.4 Å². The van der Waals surface area contributed by atoms with Gasteiger partial charge in [0.25, 0.3) is 0 Å². The first-order valence-electron chi connectivity index (χ1n) is 4.80. The van der Waals surface area contributed by atoms with Crippen molar-refractivity contribution in [3.8, 4) is 0 Å². The molecule has 0 aliphatic heterocycles. The van der Waals surface area contributed by atoms with Gasteiger partial charge in [0.15, 0.2) is 0 Å². The normalized spacial score (nSPS) is 10.6. The van der Waals surface area contributed by atoms with Crippen LogP contribution < -0.4 is 11.3 Å². The average molecular weight is 266 g/mol. The van der Waals surface area contributed by atoms with E-state index >= 15 is 0 Å². The standard InChI is InChI=1S/C11H12BrN3/c1-2-7-5-8-6-9(12)3-4-10(8)14-11(7)15-13/h3-6H,2,13H2,1H3,(H,14,15). The van der Waals surface area contributed by atoms with E-state index in [-0.39, 0.29) is 0 Å². The first-order chi connectivity index (χ1) is 7.24. The van der Waals surface area contributed by atoms with Gasteiger partial charge < -0.3 is 5.43 Å². The molecule has 0 spiro atoms. The molecule has 1 aromatic carbocycles.